The lowest BCUT2D eigenvalue weighted by Crippen LogP contribution is -1.85. The van der Waals surface area contributed by atoms with Gasteiger partial charge in [-0.05, 0) is 42.8 Å². The normalized spacial score (nSPS) is 11.2. The largest absolute Gasteiger partial charge is 0.338 e. The minimum atomic E-state index is 0.859. The molecule has 4 nitrogen and oxygen atoms in total. The van der Waals surface area contributed by atoms with Crippen molar-refractivity contribution in [2.75, 3.05) is 0 Å². The Morgan fingerprint density at radius 1 is 0.850 bits per heavy atom. The number of nitrogens with zero attached hydrogens (tertiary/aromatic N) is 3. The molecule has 0 amide bonds. The second kappa shape index (κ2) is 4.13. The maximum absolute atomic E-state index is 4.63. The van der Waals surface area contributed by atoms with Crippen molar-refractivity contribution in [1.29, 1.82) is 0 Å². The van der Waals surface area contributed by atoms with Crippen LogP contribution in [0, 0.1) is 6.92 Å². The van der Waals surface area contributed by atoms with Gasteiger partial charge in [0.05, 0.1) is 22.1 Å². The van der Waals surface area contributed by atoms with Gasteiger partial charge in [0.2, 0.25) is 0 Å². The van der Waals surface area contributed by atoms with Crippen LogP contribution in [0.25, 0.3) is 33.5 Å². The Hall–Kier alpha value is -2.75. The second-order valence-electron chi connectivity index (χ2n) is 4.87. The Morgan fingerprint density at radius 2 is 1.65 bits per heavy atom. The van der Waals surface area contributed by atoms with Crippen molar-refractivity contribution >= 4 is 22.1 Å². The van der Waals surface area contributed by atoms with Crippen LogP contribution < -0.4 is 0 Å². The molecular formula is C16H12N4. The molecule has 4 heteroatoms. The first-order chi connectivity index (χ1) is 9.79. The van der Waals surface area contributed by atoms with Gasteiger partial charge in [-0.3, -0.25) is 9.97 Å². The molecule has 0 aliphatic carbocycles. The third-order valence-electron chi connectivity index (χ3n) is 3.38. The Balaban J connectivity index is 1.91. The van der Waals surface area contributed by atoms with Crippen LogP contribution in [0.1, 0.15) is 5.56 Å². The van der Waals surface area contributed by atoms with E-state index in [0.717, 1.165) is 33.5 Å². The number of aromatic amines is 1. The van der Waals surface area contributed by atoms with Crippen molar-refractivity contribution in [3.63, 3.8) is 0 Å². The molecule has 0 spiro atoms. The summed E-state index contributed by atoms with van der Waals surface area (Å²) in [5.41, 5.74) is 6.04. The number of rotatable bonds is 1. The first-order valence-electron chi connectivity index (χ1n) is 6.47. The monoisotopic (exact) mass is 260 g/mol. The number of H-pyrrole nitrogens is 1. The lowest BCUT2D eigenvalue weighted by molar-refractivity contribution is 1.28. The maximum Gasteiger partial charge on any atom is 0.138 e. The van der Waals surface area contributed by atoms with Gasteiger partial charge in [0.25, 0.3) is 0 Å². The molecule has 0 bridgehead atoms. The van der Waals surface area contributed by atoms with Crippen LogP contribution >= 0.6 is 0 Å². The maximum atomic E-state index is 4.63. The van der Waals surface area contributed by atoms with E-state index in [1.54, 1.807) is 12.4 Å². The highest BCUT2D eigenvalue weighted by molar-refractivity contribution is 5.83. The number of nitrogens with one attached hydrogen (secondary N) is 1. The van der Waals surface area contributed by atoms with E-state index in [0.29, 0.717) is 0 Å². The second-order valence-corrected chi connectivity index (χ2v) is 4.87. The zero-order chi connectivity index (χ0) is 13.5. The number of imidazole rings is 1. The smallest absolute Gasteiger partial charge is 0.138 e. The third-order valence-corrected chi connectivity index (χ3v) is 3.38. The van der Waals surface area contributed by atoms with E-state index in [1.165, 1.54) is 5.56 Å². The molecule has 1 N–H and O–H groups in total. The van der Waals surface area contributed by atoms with E-state index in [-0.39, 0.29) is 0 Å². The van der Waals surface area contributed by atoms with E-state index >= 15 is 0 Å². The van der Waals surface area contributed by atoms with Gasteiger partial charge >= 0.3 is 0 Å². The SMILES string of the molecule is Cc1ccc2nc(-c3ccc4nccnc4c3)[nH]c2c1. The highest BCUT2D eigenvalue weighted by Gasteiger charge is 2.06. The highest BCUT2D eigenvalue weighted by Crippen LogP contribution is 2.23. The molecule has 0 aliphatic heterocycles. The molecule has 4 rings (SSSR count). The topological polar surface area (TPSA) is 54.5 Å². The first-order valence-corrected chi connectivity index (χ1v) is 6.47. The molecule has 96 valence electrons. The molecule has 2 aromatic heterocycles. The molecule has 0 unspecified atom stereocenters. The average molecular weight is 260 g/mol. The van der Waals surface area contributed by atoms with E-state index in [4.69, 9.17) is 0 Å². The quantitative estimate of drug-likeness (QED) is 0.570. The van der Waals surface area contributed by atoms with Crippen LogP contribution in [0.5, 0.6) is 0 Å². The number of aryl methyl sites for hydroxylation is 1. The van der Waals surface area contributed by atoms with Gasteiger partial charge in [-0.1, -0.05) is 6.07 Å². The van der Waals surface area contributed by atoms with Crippen molar-refractivity contribution < 1.29 is 0 Å². The summed E-state index contributed by atoms with van der Waals surface area (Å²) >= 11 is 0. The summed E-state index contributed by atoms with van der Waals surface area (Å²) in [5, 5.41) is 0. The number of benzene rings is 2. The van der Waals surface area contributed by atoms with Crippen molar-refractivity contribution in [3.05, 3.63) is 54.4 Å². The Morgan fingerprint density at radius 3 is 2.55 bits per heavy atom. The first kappa shape index (κ1) is 11.1. The summed E-state index contributed by atoms with van der Waals surface area (Å²) in [6, 6.07) is 12.2. The van der Waals surface area contributed by atoms with Crippen molar-refractivity contribution in [2.24, 2.45) is 0 Å². The minimum absolute atomic E-state index is 0.859. The summed E-state index contributed by atoms with van der Waals surface area (Å²) in [5.74, 6) is 0.859. The van der Waals surface area contributed by atoms with E-state index in [2.05, 4.69) is 39.0 Å². The Labute approximate surface area is 115 Å². The highest BCUT2D eigenvalue weighted by atomic mass is 14.9. The minimum Gasteiger partial charge on any atom is -0.338 e. The number of fused-ring (bicyclic) bond motifs is 2. The lowest BCUT2D eigenvalue weighted by atomic mass is 10.2. The van der Waals surface area contributed by atoms with Gasteiger partial charge in [0.1, 0.15) is 5.82 Å². The van der Waals surface area contributed by atoms with Crippen molar-refractivity contribution in [2.45, 2.75) is 6.92 Å². The summed E-state index contributed by atoms with van der Waals surface area (Å²) < 4.78 is 0. The molecular weight excluding hydrogens is 248 g/mol. The van der Waals surface area contributed by atoms with Gasteiger partial charge in [-0.2, -0.15) is 0 Å². The van der Waals surface area contributed by atoms with Gasteiger partial charge in [0.15, 0.2) is 0 Å². The molecule has 0 aliphatic rings. The van der Waals surface area contributed by atoms with Crippen LogP contribution in [0.3, 0.4) is 0 Å². The summed E-state index contributed by atoms with van der Waals surface area (Å²) in [4.78, 5) is 16.6. The Kier molecular flexibility index (Phi) is 2.29. The molecule has 0 atom stereocenters. The summed E-state index contributed by atoms with van der Waals surface area (Å²) in [6.07, 6.45) is 3.40. The molecule has 2 aromatic carbocycles. The number of hydrogen-bond donors (Lipinski definition) is 1. The zero-order valence-corrected chi connectivity index (χ0v) is 11.0. The molecule has 0 fully saturated rings. The van der Waals surface area contributed by atoms with Gasteiger partial charge in [-0.25, -0.2) is 4.98 Å². The fraction of sp³-hybridized carbons (Fsp3) is 0.0625. The number of aromatic nitrogens is 4. The van der Waals surface area contributed by atoms with Crippen LogP contribution in [-0.2, 0) is 0 Å². The predicted molar refractivity (Wildman–Crippen MR) is 79.4 cm³/mol. The third kappa shape index (κ3) is 1.73. The molecule has 0 radical (unpaired) electrons. The molecule has 2 heterocycles. The standard InChI is InChI=1S/C16H12N4/c1-10-2-4-13-15(8-10)20-16(19-13)11-3-5-12-14(9-11)18-7-6-17-12/h2-9H,1H3,(H,19,20). The van der Waals surface area contributed by atoms with E-state index in [9.17, 15) is 0 Å². The van der Waals surface area contributed by atoms with Crippen LogP contribution in [0.15, 0.2) is 48.8 Å². The Bertz CT molecular complexity index is 924. The molecule has 0 saturated heterocycles. The predicted octanol–water partition coefficient (Wildman–Crippen LogP) is 3.48. The summed E-state index contributed by atoms with van der Waals surface area (Å²) in [7, 11) is 0. The fourth-order valence-electron chi connectivity index (χ4n) is 2.37. The summed E-state index contributed by atoms with van der Waals surface area (Å²) in [6.45, 7) is 2.07. The lowest BCUT2D eigenvalue weighted by Gasteiger charge is -1.99. The average Bonchev–Trinajstić information content (AvgIpc) is 2.89. The molecule has 20 heavy (non-hydrogen) atoms. The van der Waals surface area contributed by atoms with Gasteiger partial charge in [-0.15, -0.1) is 0 Å². The van der Waals surface area contributed by atoms with E-state index < -0.39 is 0 Å². The van der Waals surface area contributed by atoms with Gasteiger partial charge < -0.3 is 4.98 Å². The van der Waals surface area contributed by atoms with E-state index in [1.807, 2.05) is 24.3 Å². The van der Waals surface area contributed by atoms with Gasteiger partial charge in [0, 0.05) is 18.0 Å². The number of hydrogen-bond acceptors (Lipinski definition) is 3. The van der Waals surface area contributed by atoms with Crippen LogP contribution in [0.4, 0.5) is 0 Å². The van der Waals surface area contributed by atoms with Crippen LogP contribution in [0.2, 0.25) is 0 Å². The zero-order valence-electron chi connectivity index (χ0n) is 11.0. The fourth-order valence-corrected chi connectivity index (χ4v) is 2.37. The van der Waals surface area contributed by atoms with Crippen LogP contribution in [-0.4, -0.2) is 19.9 Å². The molecule has 4 aromatic rings. The van der Waals surface area contributed by atoms with Crippen molar-refractivity contribution in [1.82, 2.24) is 19.9 Å². The molecule has 0 saturated carbocycles. The van der Waals surface area contributed by atoms with Crippen molar-refractivity contribution in [3.8, 4) is 11.4 Å².